The van der Waals surface area contributed by atoms with Crippen molar-refractivity contribution in [2.75, 3.05) is 0 Å². The fourth-order valence-corrected chi connectivity index (χ4v) is 8.70. The van der Waals surface area contributed by atoms with Gasteiger partial charge in [-0.25, -0.2) is 9.59 Å². The van der Waals surface area contributed by atoms with E-state index < -0.39 is 99.8 Å². The minimum absolute atomic E-state index is 0.175. The van der Waals surface area contributed by atoms with Gasteiger partial charge >= 0.3 is 29.8 Å². The number of carbonyl (C=O) groups excluding carboxylic acids is 5. The number of fused-ring (bicyclic) bond motifs is 1. The molecule has 36 heavy (non-hydrogen) atoms. The molecule has 4 aliphatic heterocycles. The molecular formula is C24H28O12. The van der Waals surface area contributed by atoms with Crippen LogP contribution in [0.5, 0.6) is 0 Å². The summed E-state index contributed by atoms with van der Waals surface area (Å²) in [4.78, 5) is 64.5. The van der Waals surface area contributed by atoms with Gasteiger partial charge in [0.1, 0.15) is 16.9 Å². The number of ether oxygens (including phenoxy) is 6. The van der Waals surface area contributed by atoms with Gasteiger partial charge in [-0.05, 0) is 24.7 Å². The number of hydrogen-bond acceptors (Lipinski definition) is 12. The number of rotatable bonds is 2. The zero-order valence-corrected chi connectivity index (χ0v) is 20.7. The third-order valence-electron chi connectivity index (χ3n) is 9.52. The molecule has 2 spiro atoms. The average Bonchev–Trinajstić information content (AvgIpc) is 3.45. The Hall–Kier alpha value is -2.73. The van der Waals surface area contributed by atoms with Crippen LogP contribution in [0.15, 0.2) is 0 Å². The SMILES string of the molecule is CC(=O)O[C@H]1C(=O)O[C@H]2O[C@]34C(=O)O[C@@H]5C[C@@H](C(C)(C)C)[C@@]21[C@@]53[C@@H](OC(C)=O)[C@@H]1OC(=O)[C@@H](C)[C@@]14O. The van der Waals surface area contributed by atoms with Gasteiger partial charge in [-0.15, -0.1) is 0 Å². The smallest absolute Gasteiger partial charge is 0.350 e. The van der Waals surface area contributed by atoms with Crippen molar-refractivity contribution in [3.8, 4) is 0 Å². The van der Waals surface area contributed by atoms with Crippen LogP contribution in [0.3, 0.4) is 0 Å². The number of esters is 5. The van der Waals surface area contributed by atoms with Crippen LogP contribution in [0, 0.1) is 28.1 Å². The van der Waals surface area contributed by atoms with Gasteiger partial charge in [0.15, 0.2) is 17.8 Å². The zero-order chi connectivity index (χ0) is 26.4. The Morgan fingerprint density at radius 3 is 2.22 bits per heavy atom. The van der Waals surface area contributed by atoms with E-state index in [4.69, 9.17) is 28.4 Å². The molecule has 2 aliphatic carbocycles. The van der Waals surface area contributed by atoms with Crippen molar-refractivity contribution in [2.24, 2.45) is 28.1 Å². The normalized spacial score (nSPS) is 51.6. The summed E-state index contributed by atoms with van der Waals surface area (Å²) in [7, 11) is 0. The Balaban J connectivity index is 1.74. The van der Waals surface area contributed by atoms with E-state index in [0.29, 0.717) is 0 Å². The Kier molecular flexibility index (Phi) is 4.20. The van der Waals surface area contributed by atoms with Gasteiger partial charge in [-0.1, -0.05) is 20.8 Å². The maximum absolute atomic E-state index is 13.8. The molecule has 4 heterocycles. The second kappa shape index (κ2) is 6.39. The Labute approximate surface area is 205 Å². The lowest BCUT2D eigenvalue weighted by molar-refractivity contribution is -0.240. The predicted octanol–water partition coefficient (Wildman–Crippen LogP) is -0.228. The molecule has 11 atom stereocenters. The summed E-state index contributed by atoms with van der Waals surface area (Å²) in [6, 6.07) is 0. The van der Waals surface area contributed by atoms with Crippen LogP contribution in [0.25, 0.3) is 0 Å². The molecule has 0 aromatic rings. The minimum atomic E-state index is -2.33. The Bertz CT molecular complexity index is 1140. The molecule has 12 nitrogen and oxygen atoms in total. The summed E-state index contributed by atoms with van der Waals surface area (Å²) in [6.45, 7) is 9.38. The molecule has 12 heteroatoms. The molecular weight excluding hydrogens is 480 g/mol. The summed E-state index contributed by atoms with van der Waals surface area (Å²) in [5.41, 5.74) is -8.61. The molecule has 2 saturated carbocycles. The van der Waals surface area contributed by atoms with Crippen molar-refractivity contribution in [2.45, 2.75) is 89.9 Å². The summed E-state index contributed by atoms with van der Waals surface area (Å²) in [5.74, 6) is -6.04. The summed E-state index contributed by atoms with van der Waals surface area (Å²) < 4.78 is 34.8. The van der Waals surface area contributed by atoms with Crippen LogP contribution in [0.4, 0.5) is 0 Å². The lowest BCUT2D eigenvalue weighted by Gasteiger charge is -2.48. The van der Waals surface area contributed by atoms with Gasteiger partial charge in [-0.3, -0.25) is 14.4 Å². The molecule has 196 valence electrons. The molecule has 6 fully saturated rings. The Morgan fingerprint density at radius 2 is 1.64 bits per heavy atom. The van der Waals surface area contributed by atoms with Crippen LogP contribution in [0.1, 0.15) is 48.0 Å². The van der Waals surface area contributed by atoms with E-state index >= 15 is 0 Å². The van der Waals surface area contributed by atoms with Crippen molar-refractivity contribution in [1.82, 2.24) is 0 Å². The van der Waals surface area contributed by atoms with Crippen LogP contribution in [-0.4, -0.2) is 76.9 Å². The molecule has 6 rings (SSSR count). The van der Waals surface area contributed by atoms with Gasteiger partial charge in [0, 0.05) is 13.8 Å². The largest absolute Gasteiger partial charge is 0.459 e. The van der Waals surface area contributed by atoms with Crippen molar-refractivity contribution in [3.63, 3.8) is 0 Å². The van der Waals surface area contributed by atoms with E-state index in [9.17, 15) is 29.1 Å². The van der Waals surface area contributed by atoms with Gasteiger partial charge in [0.2, 0.25) is 18.0 Å². The van der Waals surface area contributed by atoms with Gasteiger partial charge < -0.3 is 33.5 Å². The van der Waals surface area contributed by atoms with Crippen LogP contribution in [0.2, 0.25) is 0 Å². The van der Waals surface area contributed by atoms with E-state index in [2.05, 4.69) is 0 Å². The van der Waals surface area contributed by atoms with Crippen molar-refractivity contribution in [3.05, 3.63) is 0 Å². The Morgan fingerprint density at radius 1 is 1.00 bits per heavy atom. The van der Waals surface area contributed by atoms with Crippen LogP contribution >= 0.6 is 0 Å². The quantitative estimate of drug-likeness (QED) is 0.386. The van der Waals surface area contributed by atoms with E-state index in [1.54, 1.807) is 0 Å². The monoisotopic (exact) mass is 508 g/mol. The maximum atomic E-state index is 13.8. The van der Waals surface area contributed by atoms with Crippen LogP contribution < -0.4 is 0 Å². The summed E-state index contributed by atoms with van der Waals surface area (Å²) in [6.07, 6.45) is -6.83. The number of hydrogen-bond donors (Lipinski definition) is 1. The fraction of sp³-hybridized carbons (Fsp3) is 0.792. The van der Waals surface area contributed by atoms with E-state index in [1.807, 2.05) is 20.8 Å². The summed E-state index contributed by atoms with van der Waals surface area (Å²) in [5, 5.41) is 12.3. The average molecular weight is 508 g/mol. The number of aliphatic hydroxyl groups is 1. The maximum Gasteiger partial charge on any atom is 0.350 e. The van der Waals surface area contributed by atoms with Crippen molar-refractivity contribution < 1.29 is 57.5 Å². The highest BCUT2D eigenvalue weighted by Gasteiger charge is 3.05. The zero-order valence-electron chi connectivity index (χ0n) is 20.7. The third kappa shape index (κ3) is 2.01. The molecule has 0 amide bonds. The molecule has 0 unspecified atom stereocenters. The van der Waals surface area contributed by atoms with Gasteiger partial charge in [0.05, 0.1) is 5.92 Å². The highest BCUT2D eigenvalue weighted by Crippen LogP contribution is 2.85. The molecule has 1 N–H and O–H groups in total. The van der Waals surface area contributed by atoms with Gasteiger partial charge in [0.25, 0.3) is 0 Å². The molecule has 6 aliphatic rings. The molecule has 0 radical (unpaired) electrons. The lowest BCUT2D eigenvalue weighted by atomic mass is 9.51. The second-order valence-corrected chi connectivity index (χ2v) is 11.8. The third-order valence-corrected chi connectivity index (χ3v) is 9.52. The number of carbonyl (C=O) groups is 5. The first kappa shape index (κ1) is 23.7. The first-order chi connectivity index (χ1) is 16.6. The first-order valence-electron chi connectivity index (χ1n) is 12.0. The minimum Gasteiger partial charge on any atom is -0.459 e. The molecule has 0 aromatic carbocycles. The first-order valence-corrected chi connectivity index (χ1v) is 12.0. The summed E-state index contributed by atoms with van der Waals surface area (Å²) >= 11 is 0. The molecule has 0 aromatic heterocycles. The van der Waals surface area contributed by atoms with E-state index in [1.165, 1.54) is 6.92 Å². The van der Waals surface area contributed by atoms with Crippen molar-refractivity contribution in [1.29, 1.82) is 0 Å². The molecule has 4 saturated heterocycles. The van der Waals surface area contributed by atoms with Gasteiger partial charge in [-0.2, -0.15) is 0 Å². The van der Waals surface area contributed by atoms with Crippen molar-refractivity contribution >= 4 is 29.8 Å². The van der Waals surface area contributed by atoms with E-state index in [-0.39, 0.29) is 6.42 Å². The van der Waals surface area contributed by atoms with Crippen LogP contribution in [-0.2, 0) is 52.4 Å². The second-order valence-electron chi connectivity index (χ2n) is 11.8. The lowest BCUT2D eigenvalue weighted by Crippen LogP contribution is -2.67. The highest BCUT2D eigenvalue weighted by molar-refractivity contribution is 5.94. The molecule has 0 bridgehead atoms. The van der Waals surface area contributed by atoms with E-state index in [0.717, 1.165) is 13.8 Å². The highest BCUT2D eigenvalue weighted by atomic mass is 16.8. The standard InChI is InChI=1S/C24H28O12/c1-8-16(27)34-14-13(31-9(2)25)22-12-7-11(20(4,5)6)21(22)15(32-10(3)26)17(28)35-19(21)36-24(22,18(29)33-12)23(8,14)30/h8,11-15,19,30H,7H2,1-6H3/t8-,11+,12-,13+,14+,15+,19+,21+,22+,23-,24-/m1/s1. The topological polar surface area (TPSA) is 161 Å². The predicted molar refractivity (Wildman–Crippen MR) is 111 cm³/mol. The fourth-order valence-electron chi connectivity index (χ4n) is 8.70.